The van der Waals surface area contributed by atoms with Gasteiger partial charge in [-0.25, -0.2) is 0 Å². The summed E-state index contributed by atoms with van der Waals surface area (Å²) in [5.74, 6) is -0.440. The van der Waals surface area contributed by atoms with Crippen molar-refractivity contribution < 1.29 is 20.1 Å². The molecule has 0 aromatic rings. The SMILES string of the molecule is CCC(O)C1OC(C)(C)C(O)=C1O. The summed E-state index contributed by atoms with van der Waals surface area (Å²) in [6.07, 6.45) is -1.10. The van der Waals surface area contributed by atoms with Gasteiger partial charge >= 0.3 is 0 Å². The minimum Gasteiger partial charge on any atom is -0.506 e. The van der Waals surface area contributed by atoms with Gasteiger partial charge in [0.1, 0.15) is 11.7 Å². The Labute approximate surface area is 77.5 Å². The highest BCUT2D eigenvalue weighted by atomic mass is 16.6. The van der Waals surface area contributed by atoms with Crippen molar-refractivity contribution in [2.45, 2.75) is 45.0 Å². The topological polar surface area (TPSA) is 69.9 Å². The fourth-order valence-corrected chi connectivity index (χ4v) is 1.35. The van der Waals surface area contributed by atoms with E-state index in [2.05, 4.69) is 0 Å². The lowest BCUT2D eigenvalue weighted by Gasteiger charge is -2.22. The summed E-state index contributed by atoms with van der Waals surface area (Å²) in [5, 5.41) is 28.3. The summed E-state index contributed by atoms with van der Waals surface area (Å²) in [5.41, 5.74) is -0.898. The molecule has 1 aliphatic rings. The molecule has 1 heterocycles. The third-order valence-corrected chi connectivity index (χ3v) is 2.27. The van der Waals surface area contributed by atoms with Gasteiger partial charge in [0, 0.05) is 0 Å². The fourth-order valence-electron chi connectivity index (χ4n) is 1.35. The van der Waals surface area contributed by atoms with Crippen molar-refractivity contribution in [2.75, 3.05) is 0 Å². The van der Waals surface area contributed by atoms with Crippen LogP contribution in [0.4, 0.5) is 0 Å². The maximum atomic E-state index is 9.45. The van der Waals surface area contributed by atoms with Crippen LogP contribution >= 0.6 is 0 Å². The highest BCUT2D eigenvalue weighted by Crippen LogP contribution is 2.34. The standard InChI is InChI=1S/C9H16O4/c1-4-5(10)7-6(11)8(12)9(2,3)13-7/h5,7,10-12H,4H2,1-3H3. The average molecular weight is 188 g/mol. The van der Waals surface area contributed by atoms with Gasteiger partial charge in [0.25, 0.3) is 0 Å². The Morgan fingerprint density at radius 2 is 2.00 bits per heavy atom. The summed E-state index contributed by atoms with van der Waals surface area (Å²) in [6.45, 7) is 5.06. The molecule has 0 saturated heterocycles. The quantitative estimate of drug-likeness (QED) is 0.610. The third-order valence-electron chi connectivity index (χ3n) is 2.27. The normalized spacial score (nSPS) is 29.4. The molecule has 0 aromatic carbocycles. The van der Waals surface area contributed by atoms with Gasteiger partial charge in [0.15, 0.2) is 11.5 Å². The van der Waals surface area contributed by atoms with Crippen LogP contribution < -0.4 is 0 Å². The van der Waals surface area contributed by atoms with Crippen LogP contribution in [0.5, 0.6) is 0 Å². The van der Waals surface area contributed by atoms with Crippen molar-refractivity contribution in [3.63, 3.8) is 0 Å². The predicted octanol–water partition coefficient (Wildman–Crippen LogP) is 1.26. The van der Waals surface area contributed by atoms with E-state index in [4.69, 9.17) is 4.74 Å². The van der Waals surface area contributed by atoms with Crippen LogP contribution in [-0.4, -0.2) is 33.1 Å². The zero-order chi connectivity index (χ0) is 10.2. The lowest BCUT2D eigenvalue weighted by molar-refractivity contribution is -0.0809. The maximum Gasteiger partial charge on any atom is 0.164 e. The number of hydrogen-bond acceptors (Lipinski definition) is 4. The van der Waals surface area contributed by atoms with E-state index in [-0.39, 0.29) is 11.5 Å². The number of hydrogen-bond donors (Lipinski definition) is 3. The Bertz CT molecular complexity index is 232. The van der Waals surface area contributed by atoms with E-state index in [1.54, 1.807) is 20.8 Å². The number of aliphatic hydroxyl groups excluding tert-OH is 3. The number of ether oxygens (including phenoxy) is 1. The van der Waals surface area contributed by atoms with Gasteiger partial charge in [-0.1, -0.05) is 6.92 Å². The number of aliphatic hydroxyl groups is 3. The molecule has 1 aliphatic heterocycles. The molecule has 0 fully saturated rings. The van der Waals surface area contributed by atoms with E-state index in [0.29, 0.717) is 6.42 Å². The van der Waals surface area contributed by atoms with Crippen LogP contribution in [0.25, 0.3) is 0 Å². The van der Waals surface area contributed by atoms with E-state index in [1.807, 2.05) is 0 Å². The molecule has 4 nitrogen and oxygen atoms in total. The molecule has 0 spiro atoms. The molecule has 0 radical (unpaired) electrons. The van der Waals surface area contributed by atoms with Crippen molar-refractivity contribution in [2.24, 2.45) is 0 Å². The molecule has 0 saturated carbocycles. The lowest BCUT2D eigenvalue weighted by Crippen LogP contribution is -2.32. The van der Waals surface area contributed by atoms with E-state index in [0.717, 1.165) is 0 Å². The second-order valence-corrected chi connectivity index (χ2v) is 3.76. The number of rotatable bonds is 2. The molecule has 0 aromatic heterocycles. The summed E-state index contributed by atoms with van der Waals surface area (Å²) < 4.78 is 5.30. The van der Waals surface area contributed by atoms with E-state index in [1.165, 1.54) is 0 Å². The van der Waals surface area contributed by atoms with Crippen molar-refractivity contribution in [1.29, 1.82) is 0 Å². The van der Waals surface area contributed by atoms with Crippen LogP contribution in [0.15, 0.2) is 11.5 Å². The van der Waals surface area contributed by atoms with Gasteiger partial charge in [0.2, 0.25) is 0 Å². The molecular weight excluding hydrogens is 172 g/mol. The highest BCUT2D eigenvalue weighted by molar-refractivity contribution is 5.21. The zero-order valence-corrected chi connectivity index (χ0v) is 8.11. The Balaban J connectivity index is 2.86. The Hall–Kier alpha value is -0.740. The Kier molecular flexibility index (Phi) is 2.54. The maximum absolute atomic E-state index is 9.45. The molecule has 2 unspecified atom stereocenters. The van der Waals surface area contributed by atoms with Crippen molar-refractivity contribution in [3.8, 4) is 0 Å². The first-order valence-electron chi connectivity index (χ1n) is 4.38. The first-order valence-corrected chi connectivity index (χ1v) is 4.38. The molecule has 0 bridgehead atoms. The summed E-state index contributed by atoms with van der Waals surface area (Å²) in [4.78, 5) is 0. The fraction of sp³-hybridized carbons (Fsp3) is 0.778. The van der Waals surface area contributed by atoms with Crippen LogP contribution in [0.3, 0.4) is 0 Å². The Morgan fingerprint density at radius 1 is 1.46 bits per heavy atom. The summed E-state index contributed by atoms with van der Waals surface area (Å²) >= 11 is 0. The average Bonchev–Trinajstić information content (AvgIpc) is 2.28. The highest BCUT2D eigenvalue weighted by Gasteiger charge is 2.43. The largest absolute Gasteiger partial charge is 0.506 e. The van der Waals surface area contributed by atoms with Crippen molar-refractivity contribution in [3.05, 3.63) is 11.5 Å². The summed E-state index contributed by atoms with van der Waals surface area (Å²) in [7, 11) is 0. The zero-order valence-electron chi connectivity index (χ0n) is 8.11. The van der Waals surface area contributed by atoms with Gasteiger partial charge in [-0.15, -0.1) is 0 Å². The monoisotopic (exact) mass is 188 g/mol. The first-order chi connectivity index (χ1) is 5.90. The van der Waals surface area contributed by atoms with Crippen molar-refractivity contribution in [1.82, 2.24) is 0 Å². The molecule has 1 rings (SSSR count). The van der Waals surface area contributed by atoms with Gasteiger partial charge in [-0.2, -0.15) is 0 Å². The molecule has 76 valence electrons. The molecule has 3 N–H and O–H groups in total. The van der Waals surface area contributed by atoms with Crippen LogP contribution in [-0.2, 0) is 4.74 Å². The van der Waals surface area contributed by atoms with Crippen LogP contribution in [0, 0.1) is 0 Å². The molecule has 4 heteroatoms. The van der Waals surface area contributed by atoms with Gasteiger partial charge < -0.3 is 20.1 Å². The molecule has 2 atom stereocenters. The minimum absolute atomic E-state index is 0.190. The smallest absolute Gasteiger partial charge is 0.164 e. The van der Waals surface area contributed by atoms with E-state index in [9.17, 15) is 15.3 Å². The van der Waals surface area contributed by atoms with E-state index < -0.39 is 17.8 Å². The first kappa shape index (κ1) is 10.3. The van der Waals surface area contributed by atoms with Gasteiger partial charge in [-0.05, 0) is 20.3 Å². The third kappa shape index (κ3) is 1.64. The van der Waals surface area contributed by atoms with E-state index >= 15 is 0 Å². The van der Waals surface area contributed by atoms with Crippen molar-refractivity contribution >= 4 is 0 Å². The lowest BCUT2D eigenvalue weighted by atomic mass is 10.1. The van der Waals surface area contributed by atoms with Gasteiger partial charge in [-0.3, -0.25) is 0 Å². The predicted molar refractivity (Wildman–Crippen MR) is 47.5 cm³/mol. The van der Waals surface area contributed by atoms with Crippen LogP contribution in [0.1, 0.15) is 27.2 Å². The second-order valence-electron chi connectivity index (χ2n) is 3.76. The molecule has 0 aliphatic carbocycles. The Morgan fingerprint density at radius 3 is 2.31 bits per heavy atom. The van der Waals surface area contributed by atoms with Crippen LogP contribution in [0.2, 0.25) is 0 Å². The molecule has 13 heavy (non-hydrogen) atoms. The van der Waals surface area contributed by atoms with Gasteiger partial charge in [0.05, 0.1) is 6.10 Å². The second kappa shape index (κ2) is 3.20. The molecular formula is C9H16O4. The molecule has 0 amide bonds. The summed E-state index contributed by atoms with van der Waals surface area (Å²) in [6, 6.07) is 0. The minimum atomic E-state index is -0.898.